The summed E-state index contributed by atoms with van der Waals surface area (Å²) >= 11 is 0. The molecular weight excluding hydrogens is 328 g/mol. The Morgan fingerprint density at radius 1 is 1.46 bits per heavy atom. The number of nitrogens with zero attached hydrogens (tertiary/aromatic N) is 1. The Morgan fingerprint density at radius 2 is 2.27 bits per heavy atom. The van der Waals surface area contributed by atoms with E-state index in [0.29, 0.717) is 0 Å². The van der Waals surface area contributed by atoms with Crippen LogP contribution in [-0.2, 0) is 16.0 Å². The highest BCUT2D eigenvalue weighted by atomic mass is 16.5. The van der Waals surface area contributed by atoms with Crippen LogP contribution in [0, 0.1) is 11.3 Å². The number of carbonyl (C=O) groups is 1. The summed E-state index contributed by atoms with van der Waals surface area (Å²) in [6.45, 7) is 2.72. The molecule has 2 unspecified atom stereocenters. The van der Waals surface area contributed by atoms with Gasteiger partial charge in [-0.2, -0.15) is 0 Å². The molecule has 5 heteroatoms. The second-order valence-electron chi connectivity index (χ2n) is 7.81. The predicted octanol–water partition coefficient (Wildman–Crippen LogP) is 2.57. The first-order chi connectivity index (χ1) is 12.7. The number of para-hydroxylation sites is 1. The van der Waals surface area contributed by atoms with Crippen LogP contribution in [-0.4, -0.2) is 47.3 Å². The van der Waals surface area contributed by atoms with E-state index in [1.807, 2.05) is 13.0 Å². The second-order valence-corrected chi connectivity index (χ2v) is 7.81. The molecule has 0 saturated carbocycles. The quantitative estimate of drug-likeness (QED) is 0.644. The zero-order valence-electron chi connectivity index (χ0n) is 15.2. The van der Waals surface area contributed by atoms with E-state index in [-0.39, 0.29) is 30.6 Å². The van der Waals surface area contributed by atoms with Gasteiger partial charge in [0.15, 0.2) is 0 Å². The van der Waals surface area contributed by atoms with E-state index < -0.39 is 5.41 Å². The van der Waals surface area contributed by atoms with Crippen molar-refractivity contribution in [1.82, 2.24) is 9.88 Å². The van der Waals surface area contributed by atoms with Crippen LogP contribution in [0.15, 0.2) is 35.9 Å². The number of ether oxygens (including phenoxy) is 1. The second kappa shape index (κ2) is 5.44. The number of hydrogen-bond acceptors (Lipinski definition) is 4. The third-order valence-electron chi connectivity index (χ3n) is 7.06. The summed E-state index contributed by atoms with van der Waals surface area (Å²) in [6.07, 6.45) is 3.72. The smallest absolute Gasteiger partial charge is 0.316 e. The summed E-state index contributed by atoms with van der Waals surface area (Å²) in [5, 5.41) is 11.7. The lowest BCUT2D eigenvalue weighted by atomic mass is 9.55. The van der Waals surface area contributed by atoms with Gasteiger partial charge >= 0.3 is 5.97 Å². The van der Waals surface area contributed by atoms with Gasteiger partial charge in [-0.25, -0.2) is 0 Å². The lowest BCUT2D eigenvalue weighted by Crippen LogP contribution is -2.69. The van der Waals surface area contributed by atoms with Crippen molar-refractivity contribution in [2.45, 2.75) is 31.8 Å². The Kier molecular flexibility index (Phi) is 3.37. The Hall–Kier alpha value is -2.11. The monoisotopic (exact) mass is 352 g/mol. The first-order valence-electron chi connectivity index (χ1n) is 9.35. The van der Waals surface area contributed by atoms with E-state index in [4.69, 9.17) is 4.74 Å². The normalized spacial score (nSPS) is 36.3. The van der Waals surface area contributed by atoms with Crippen LogP contribution in [0.25, 0.3) is 10.9 Å². The highest BCUT2D eigenvalue weighted by Crippen LogP contribution is 2.59. The Bertz CT molecular complexity index is 930. The molecule has 1 aromatic heterocycles. The summed E-state index contributed by atoms with van der Waals surface area (Å²) in [7, 11) is 1.43. The maximum Gasteiger partial charge on any atom is 0.316 e. The van der Waals surface area contributed by atoms with Gasteiger partial charge in [0, 0.05) is 35.1 Å². The summed E-state index contributed by atoms with van der Waals surface area (Å²) in [4.78, 5) is 19.0. The van der Waals surface area contributed by atoms with Crippen LogP contribution in [0.4, 0.5) is 0 Å². The fourth-order valence-electron chi connectivity index (χ4n) is 5.88. The van der Waals surface area contributed by atoms with Crippen molar-refractivity contribution in [3.63, 3.8) is 0 Å². The van der Waals surface area contributed by atoms with Crippen molar-refractivity contribution in [3.05, 3.63) is 47.2 Å². The molecule has 3 saturated heterocycles. The molecule has 26 heavy (non-hydrogen) atoms. The van der Waals surface area contributed by atoms with Crippen LogP contribution in [0.1, 0.15) is 30.6 Å². The largest absolute Gasteiger partial charge is 0.468 e. The number of piperidine rings is 3. The number of aromatic nitrogens is 1. The zero-order chi connectivity index (χ0) is 18.1. The number of nitrogens with one attached hydrogen (secondary N) is 1. The van der Waals surface area contributed by atoms with E-state index in [2.05, 4.69) is 34.2 Å². The van der Waals surface area contributed by atoms with Crippen LogP contribution in [0.5, 0.6) is 0 Å². The maximum absolute atomic E-state index is 12.9. The fraction of sp³-hybridized carbons (Fsp3) is 0.476. The number of methoxy groups -OCH3 is 1. The first kappa shape index (κ1) is 16.1. The van der Waals surface area contributed by atoms with Crippen LogP contribution in [0.3, 0.4) is 0 Å². The van der Waals surface area contributed by atoms with Crippen molar-refractivity contribution >= 4 is 16.9 Å². The van der Waals surface area contributed by atoms with Crippen LogP contribution in [0.2, 0.25) is 0 Å². The van der Waals surface area contributed by atoms with Gasteiger partial charge in [0.2, 0.25) is 0 Å². The van der Waals surface area contributed by atoms with Crippen LogP contribution >= 0.6 is 0 Å². The standard InChI is InChI=1S/C21H24N2O3/c1-3-12-10-23-17-9-15(12)21(11-24,20(25)26-2)18(23)8-14-13-6-4-5-7-16(13)22-19(14)17/h3-7,15,17-18,22,24H,8-11H2,1-2H3/b12-3-/t15-,17-,18-,21?/m0/s1. The zero-order valence-corrected chi connectivity index (χ0v) is 15.2. The number of H-pyrrole nitrogens is 1. The van der Waals surface area contributed by atoms with Gasteiger partial charge < -0.3 is 14.8 Å². The average molecular weight is 352 g/mol. The number of rotatable bonds is 2. The van der Waals surface area contributed by atoms with Gasteiger partial charge in [0.1, 0.15) is 5.41 Å². The molecule has 0 amide bonds. The number of fused-ring (bicyclic) bond motifs is 4. The highest BCUT2D eigenvalue weighted by Gasteiger charge is 2.64. The van der Waals surface area contributed by atoms with Crippen molar-refractivity contribution in [2.24, 2.45) is 11.3 Å². The van der Waals surface area contributed by atoms with Crippen molar-refractivity contribution < 1.29 is 14.6 Å². The number of esters is 1. The molecule has 4 aliphatic rings. The molecular formula is C21H24N2O3. The van der Waals surface area contributed by atoms with Gasteiger partial charge in [-0.1, -0.05) is 29.8 Å². The van der Waals surface area contributed by atoms with Crippen molar-refractivity contribution in [1.29, 1.82) is 0 Å². The molecule has 136 valence electrons. The Labute approximate surface area is 152 Å². The van der Waals surface area contributed by atoms with E-state index in [9.17, 15) is 9.90 Å². The SMILES string of the molecule is C/C=C1/CN2[C@H]3Cc4c([nH]c5ccccc45)[C@@H]2C[C@@H]1C3(CO)C(=O)OC. The molecule has 4 bridgehead atoms. The van der Waals surface area contributed by atoms with E-state index in [0.717, 1.165) is 24.9 Å². The molecule has 2 aromatic rings. The molecule has 4 aliphatic heterocycles. The highest BCUT2D eigenvalue weighted by molar-refractivity contribution is 5.86. The predicted molar refractivity (Wildman–Crippen MR) is 98.6 cm³/mol. The molecule has 0 spiro atoms. The molecule has 2 N–H and O–H groups in total. The Balaban J connectivity index is 1.73. The minimum atomic E-state index is -0.874. The lowest BCUT2D eigenvalue weighted by Gasteiger charge is -2.62. The number of benzene rings is 1. The summed E-state index contributed by atoms with van der Waals surface area (Å²) in [5.41, 5.74) is 4.12. The molecule has 1 aromatic carbocycles. The molecule has 0 radical (unpaired) electrons. The molecule has 5 atom stereocenters. The van der Waals surface area contributed by atoms with Crippen molar-refractivity contribution in [3.8, 4) is 0 Å². The third-order valence-corrected chi connectivity index (χ3v) is 7.06. The maximum atomic E-state index is 12.9. The number of allylic oxidation sites excluding steroid dienone is 1. The number of aliphatic hydroxyl groups is 1. The number of aliphatic hydroxyl groups excluding tert-OH is 1. The first-order valence-corrected chi connectivity index (χ1v) is 9.35. The van der Waals surface area contributed by atoms with Gasteiger partial charge in [0.25, 0.3) is 0 Å². The lowest BCUT2D eigenvalue weighted by molar-refractivity contribution is -0.183. The average Bonchev–Trinajstić information content (AvgIpc) is 3.06. The van der Waals surface area contributed by atoms with Gasteiger partial charge in [-0.05, 0) is 31.4 Å². The topological polar surface area (TPSA) is 65.6 Å². The fourth-order valence-corrected chi connectivity index (χ4v) is 5.88. The number of aromatic amines is 1. The molecule has 3 fully saturated rings. The molecule has 5 heterocycles. The Morgan fingerprint density at radius 3 is 3.00 bits per heavy atom. The molecule has 5 nitrogen and oxygen atoms in total. The minimum absolute atomic E-state index is 0.0286. The van der Waals surface area contributed by atoms with E-state index >= 15 is 0 Å². The summed E-state index contributed by atoms with van der Waals surface area (Å²) in [5.74, 6) is -0.245. The molecule has 0 aliphatic carbocycles. The van der Waals surface area contributed by atoms with Gasteiger partial charge in [0.05, 0.1) is 19.8 Å². The van der Waals surface area contributed by atoms with Gasteiger partial charge in [-0.3, -0.25) is 9.69 Å². The van der Waals surface area contributed by atoms with E-state index in [1.54, 1.807) is 0 Å². The summed E-state index contributed by atoms with van der Waals surface area (Å²) in [6, 6.07) is 8.61. The number of carbonyl (C=O) groups excluding carboxylic acids is 1. The molecule has 6 rings (SSSR count). The van der Waals surface area contributed by atoms with Gasteiger partial charge in [-0.15, -0.1) is 0 Å². The van der Waals surface area contributed by atoms with Crippen molar-refractivity contribution in [2.75, 3.05) is 20.3 Å². The van der Waals surface area contributed by atoms with Crippen LogP contribution < -0.4 is 0 Å². The summed E-state index contributed by atoms with van der Waals surface area (Å²) < 4.78 is 5.22. The number of hydrogen-bond donors (Lipinski definition) is 2. The minimum Gasteiger partial charge on any atom is -0.468 e. The van der Waals surface area contributed by atoms with E-state index in [1.165, 1.54) is 29.3 Å². The third kappa shape index (κ3) is 1.75.